The van der Waals surface area contributed by atoms with Crippen molar-refractivity contribution in [3.05, 3.63) is 63.6 Å². The van der Waals surface area contributed by atoms with E-state index in [0.29, 0.717) is 11.6 Å². The molecule has 0 spiro atoms. The molecule has 1 aromatic carbocycles. The lowest BCUT2D eigenvalue weighted by Crippen LogP contribution is -2.59. The van der Waals surface area contributed by atoms with Crippen LogP contribution in [0.1, 0.15) is 42.6 Å². The maximum Gasteiger partial charge on any atom is 0.282 e. The summed E-state index contributed by atoms with van der Waals surface area (Å²) in [6.45, 7) is 2.18. The molecule has 1 saturated carbocycles. The van der Waals surface area contributed by atoms with Gasteiger partial charge in [0.2, 0.25) is 0 Å². The van der Waals surface area contributed by atoms with E-state index in [0.717, 1.165) is 16.0 Å². The van der Waals surface area contributed by atoms with Crippen LogP contribution in [0.4, 0.5) is 8.78 Å². The maximum absolute atomic E-state index is 12.9. The lowest BCUT2D eigenvalue weighted by Gasteiger charge is -2.38. The molecule has 2 fully saturated rings. The fourth-order valence-electron chi connectivity index (χ4n) is 3.59. The van der Waals surface area contributed by atoms with E-state index in [2.05, 4.69) is 11.8 Å². The quantitative estimate of drug-likeness (QED) is 0.689. The second kappa shape index (κ2) is 8.18. The van der Waals surface area contributed by atoms with Gasteiger partial charge in [0.15, 0.2) is 6.61 Å². The Labute approximate surface area is 179 Å². The van der Waals surface area contributed by atoms with Crippen molar-refractivity contribution in [1.82, 2.24) is 9.47 Å². The van der Waals surface area contributed by atoms with Crippen LogP contribution in [0.15, 0.2) is 41.2 Å². The summed E-state index contributed by atoms with van der Waals surface area (Å²) in [6, 6.07) is 10.7. The number of alkyl halides is 2. The van der Waals surface area contributed by atoms with Gasteiger partial charge in [-0.05, 0) is 50.5 Å². The number of carbonyl (C=O) groups excluding carboxylic acids is 1. The maximum atomic E-state index is 12.9. The number of hydrogen-bond acceptors (Lipinski definition) is 3. The first-order valence-corrected chi connectivity index (χ1v) is 10.3. The van der Waals surface area contributed by atoms with Crippen molar-refractivity contribution in [2.45, 2.75) is 38.7 Å². The molecule has 4 rings (SSSR count). The van der Waals surface area contributed by atoms with E-state index in [4.69, 9.17) is 4.74 Å². The third kappa shape index (κ3) is 4.96. The molecule has 0 N–H and O–H groups in total. The van der Waals surface area contributed by atoms with Gasteiger partial charge in [-0.15, -0.1) is 0 Å². The van der Waals surface area contributed by atoms with Crippen molar-refractivity contribution in [3.8, 4) is 17.6 Å². The molecule has 1 aromatic heterocycles. The number of amides is 1. The molecule has 1 saturated heterocycles. The monoisotopic (exact) mass is 426 g/mol. The first-order chi connectivity index (χ1) is 14.7. The molecule has 31 heavy (non-hydrogen) atoms. The number of aryl methyl sites for hydroxylation is 1. The predicted octanol–water partition coefficient (Wildman–Crippen LogP) is 3.38. The van der Waals surface area contributed by atoms with Crippen molar-refractivity contribution in [3.63, 3.8) is 0 Å². The number of nitrogens with zero attached hydrogens (tertiary/aromatic N) is 2. The molecule has 5 nitrogen and oxygen atoms in total. The van der Waals surface area contributed by atoms with Crippen LogP contribution < -0.4 is 10.3 Å². The van der Waals surface area contributed by atoms with Gasteiger partial charge in [-0.1, -0.05) is 24.0 Å². The highest BCUT2D eigenvalue weighted by atomic mass is 19.3. The Kier molecular flexibility index (Phi) is 5.57. The predicted molar refractivity (Wildman–Crippen MR) is 112 cm³/mol. The number of hydrogen-bond donors (Lipinski definition) is 0. The molecule has 1 amide bonds. The van der Waals surface area contributed by atoms with Crippen LogP contribution in [-0.4, -0.2) is 41.0 Å². The van der Waals surface area contributed by atoms with E-state index >= 15 is 0 Å². The summed E-state index contributed by atoms with van der Waals surface area (Å²) in [5.41, 5.74) is 2.35. The minimum Gasteiger partial charge on any atom is -0.484 e. The topological polar surface area (TPSA) is 51.5 Å². The van der Waals surface area contributed by atoms with Gasteiger partial charge in [0.1, 0.15) is 5.75 Å². The highest BCUT2D eigenvalue weighted by Gasteiger charge is 2.46. The average Bonchev–Trinajstić information content (AvgIpc) is 3.53. The second-order valence-electron chi connectivity index (χ2n) is 8.28. The average molecular weight is 426 g/mol. The van der Waals surface area contributed by atoms with Gasteiger partial charge < -0.3 is 14.2 Å². The minimum atomic E-state index is -2.81. The number of carbonyl (C=O) groups is 1. The zero-order chi connectivity index (χ0) is 22.2. The van der Waals surface area contributed by atoms with E-state index in [9.17, 15) is 18.4 Å². The molecular formula is C24H24F2N2O3. The van der Waals surface area contributed by atoms with Gasteiger partial charge in [-0.25, -0.2) is 8.78 Å². The largest absolute Gasteiger partial charge is 0.484 e. The van der Waals surface area contributed by atoms with Gasteiger partial charge in [-0.2, -0.15) is 0 Å². The summed E-state index contributed by atoms with van der Waals surface area (Å²) in [5.74, 6) is 3.87. The summed E-state index contributed by atoms with van der Waals surface area (Å²) >= 11 is 0. The van der Waals surface area contributed by atoms with Crippen molar-refractivity contribution < 1.29 is 18.3 Å². The van der Waals surface area contributed by atoms with Crippen molar-refractivity contribution >= 4 is 5.91 Å². The summed E-state index contributed by atoms with van der Waals surface area (Å²) in [6.07, 6.45) is 2.37. The van der Waals surface area contributed by atoms with Crippen LogP contribution >= 0.6 is 0 Å². The lowest BCUT2D eigenvalue weighted by atomic mass is 10.1. The first kappa shape index (κ1) is 21.1. The Bertz CT molecular complexity index is 1100. The Morgan fingerprint density at radius 1 is 1.23 bits per heavy atom. The lowest BCUT2D eigenvalue weighted by molar-refractivity contribution is -0.167. The summed E-state index contributed by atoms with van der Waals surface area (Å²) in [4.78, 5) is 25.7. The normalized spacial score (nSPS) is 17.9. The zero-order valence-electron chi connectivity index (χ0n) is 17.5. The zero-order valence-corrected chi connectivity index (χ0v) is 17.5. The third-order valence-electron chi connectivity index (χ3n) is 5.57. The summed E-state index contributed by atoms with van der Waals surface area (Å²) in [7, 11) is 0. The molecule has 2 heterocycles. The van der Waals surface area contributed by atoms with Crippen LogP contribution in [0.25, 0.3) is 0 Å². The number of aromatic nitrogens is 1. The van der Waals surface area contributed by atoms with Crippen molar-refractivity contribution in [2.75, 3.05) is 19.7 Å². The van der Waals surface area contributed by atoms with Gasteiger partial charge >= 0.3 is 0 Å². The van der Waals surface area contributed by atoms with Gasteiger partial charge in [0.05, 0.1) is 19.1 Å². The van der Waals surface area contributed by atoms with Crippen LogP contribution in [-0.2, 0) is 4.79 Å². The molecule has 7 heteroatoms. The first-order valence-electron chi connectivity index (χ1n) is 10.3. The minimum absolute atomic E-state index is 0.197. The number of halogens is 2. The van der Waals surface area contributed by atoms with Crippen LogP contribution in [0.3, 0.4) is 0 Å². The summed E-state index contributed by atoms with van der Waals surface area (Å²) in [5, 5.41) is 0. The summed E-state index contributed by atoms with van der Waals surface area (Å²) < 4.78 is 32.8. The van der Waals surface area contributed by atoms with Gasteiger partial charge in [0, 0.05) is 23.2 Å². The molecular weight excluding hydrogens is 402 g/mol. The number of ether oxygens (including phenoxy) is 1. The van der Waals surface area contributed by atoms with E-state index < -0.39 is 24.9 Å². The smallest absolute Gasteiger partial charge is 0.282 e. The highest BCUT2D eigenvalue weighted by Crippen LogP contribution is 2.28. The van der Waals surface area contributed by atoms with Crippen LogP contribution in [0.2, 0.25) is 0 Å². The SMILES string of the molecule is Cc1cc(OCC(=O)N2CC(F)(F)C2)cc(=O)n1[C@H](C)c1ccc(C#CC2CC2)cc1. The fourth-order valence-corrected chi connectivity index (χ4v) is 3.59. The molecule has 2 aliphatic rings. The van der Waals surface area contributed by atoms with E-state index in [1.807, 2.05) is 31.2 Å². The Morgan fingerprint density at radius 2 is 1.90 bits per heavy atom. The fraction of sp³-hybridized carbons (Fsp3) is 0.417. The molecule has 0 radical (unpaired) electrons. The van der Waals surface area contributed by atoms with Crippen molar-refractivity contribution in [1.29, 1.82) is 0 Å². The molecule has 2 aromatic rings. The molecule has 1 aliphatic carbocycles. The van der Waals surface area contributed by atoms with Crippen LogP contribution in [0.5, 0.6) is 5.75 Å². The molecule has 1 atom stereocenters. The standard InChI is InChI=1S/C24H24F2N2O3/c1-16-11-21(31-13-23(30)27-14-24(25,26)15-27)12-22(29)28(16)17(2)20-9-7-19(8-10-20)6-5-18-3-4-18/h7-12,17-18H,3-4,13-15H2,1-2H3/t17-/m1/s1. The molecule has 162 valence electrons. The highest BCUT2D eigenvalue weighted by molar-refractivity contribution is 5.78. The van der Waals surface area contributed by atoms with E-state index in [1.165, 1.54) is 18.9 Å². The van der Waals surface area contributed by atoms with Crippen LogP contribution in [0, 0.1) is 24.7 Å². The Hall–Kier alpha value is -3.14. The Morgan fingerprint density at radius 3 is 2.48 bits per heavy atom. The molecule has 0 bridgehead atoms. The van der Waals surface area contributed by atoms with E-state index in [-0.39, 0.29) is 24.0 Å². The number of rotatable bonds is 5. The third-order valence-corrected chi connectivity index (χ3v) is 5.57. The van der Waals surface area contributed by atoms with Crippen molar-refractivity contribution in [2.24, 2.45) is 5.92 Å². The van der Waals surface area contributed by atoms with Gasteiger partial charge in [0.25, 0.3) is 17.4 Å². The second-order valence-corrected chi connectivity index (χ2v) is 8.28. The number of likely N-dealkylation sites (tertiary alicyclic amines) is 1. The molecule has 1 aliphatic heterocycles. The molecule has 0 unspecified atom stereocenters. The van der Waals surface area contributed by atoms with Gasteiger partial charge in [-0.3, -0.25) is 9.59 Å². The van der Waals surface area contributed by atoms with E-state index in [1.54, 1.807) is 17.6 Å². The number of pyridine rings is 1. The number of benzene rings is 1. The Balaban J connectivity index is 1.42.